The largest absolute Gasteiger partial charge is 0.469 e. The maximum atomic E-state index is 12.1. The second-order valence-corrected chi connectivity index (χ2v) is 6.63. The van der Waals surface area contributed by atoms with Gasteiger partial charge < -0.3 is 14.2 Å². The molecule has 6 nitrogen and oxygen atoms in total. The highest BCUT2D eigenvalue weighted by Crippen LogP contribution is 2.21. The number of hydrogen-bond donors (Lipinski definition) is 0. The molecule has 0 unspecified atom stereocenters. The number of esters is 3. The van der Waals surface area contributed by atoms with Crippen molar-refractivity contribution in [3.63, 3.8) is 0 Å². The predicted molar refractivity (Wildman–Crippen MR) is 104 cm³/mol. The lowest BCUT2D eigenvalue weighted by Crippen LogP contribution is -2.18. The average Bonchev–Trinajstić information content (AvgIpc) is 2.69. The summed E-state index contributed by atoms with van der Waals surface area (Å²) in [6.45, 7) is 2.22. The van der Waals surface area contributed by atoms with Crippen LogP contribution in [0.2, 0.25) is 0 Å². The quantitative estimate of drug-likeness (QED) is 0.179. The Balaban J connectivity index is 4.56. The minimum Gasteiger partial charge on any atom is -0.469 e. The van der Waals surface area contributed by atoms with Crippen molar-refractivity contribution in [2.45, 2.75) is 84.0 Å². The molecule has 0 atom stereocenters. The summed E-state index contributed by atoms with van der Waals surface area (Å²) < 4.78 is 14.1. The van der Waals surface area contributed by atoms with Crippen molar-refractivity contribution < 1.29 is 28.6 Å². The van der Waals surface area contributed by atoms with E-state index in [1.165, 1.54) is 66.3 Å². The maximum Gasteiger partial charge on any atom is 0.334 e. The van der Waals surface area contributed by atoms with Gasteiger partial charge in [-0.05, 0) is 12.8 Å². The van der Waals surface area contributed by atoms with Gasteiger partial charge in [0.2, 0.25) is 0 Å². The van der Waals surface area contributed by atoms with Gasteiger partial charge in [-0.25, -0.2) is 9.59 Å². The van der Waals surface area contributed by atoms with Crippen LogP contribution in [0.1, 0.15) is 84.0 Å². The summed E-state index contributed by atoms with van der Waals surface area (Å²) in [6.07, 6.45) is 11.8. The molecule has 0 aromatic rings. The minimum absolute atomic E-state index is 0.0205. The monoisotopic (exact) mass is 384 g/mol. The highest BCUT2D eigenvalue weighted by molar-refractivity contribution is 6.03. The number of rotatable bonds is 15. The Kier molecular flexibility index (Phi) is 15.2. The molecule has 0 saturated heterocycles. The molecule has 0 amide bonds. The van der Waals surface area contributed by atoms with Crippen LogP contribution in [0.15, 0.2) is 11.1 Å². The first kappa shape index (κ1) is 25.1. The van der Waals surface area contributed by atoms with Crippen molar-refractivity contribution >= 4 is 17.9 Å². The van der Waals surface area contributed by atoms with E-state index < -0.39 is 17.9 Å². The van der Waals surface area contributed by atoms with E-state index in [1.807, 2.05) is 0 Å². The van der Waals surface area contributed by atoms with Crippen LogP contribution in [-0.2, 0) is 28.6 Å². The third kappa shape index (κ3) is 11.5. The molecule has 0 aromatic carbocycles. The van der Waals surface area contributed by atoms with Crippen molar-refractivity contribution in [3.05, 3.63) is 11.1 Å². The lowest BCUT2D eigenvalue weighted by atomic mass is 9.98. The number of ether oxygens (including phenoxy) is 3. The molecule has 0 saturated carbocycles. The topological polar surface area (TPSA) is 78.9 Å². The van der Waals surface area contributed by atoms with Crippen LogP contribution in [0.25, 0.3) is 0 Å². The molecular weight excluding hydrogens is 348 g/mol. The van der Waals surface area contributed by atoms with Gasteiger partial charge in [0.05, 0.1) is 33.3 Å². The molecule has 0 spiro atoms. The van der Waals surface area contributed by atoms with Gasteiger partial charge in [0, 0.05) is 5.57 Å². The van der Waals surface area contributed by atoms with E-state index in [1.54, 1.807) is 0 Å². The van der Waals surface area contributed by atoms with Gasteiger partial charge in [-0.15, -0.1) is 0 Å². The number of hydrogen-bond acceptors (Lipinski definition) is 6. The third-order valence-electron chi connectivity index (χ3n) is 4.56. The van der Waals surface area contributed by atoms with Crippen LogP contribution in [0.5, 0.6) is 0 Å². The highest BCUT2D eigenvalue weighted by Gasteiger charge is 2.24. The van der Waals surface area contributed by atoms with E-state index in [9.17, 15) is 14.4 Å². The number of carbonyl (C=O) groups excluding carboxylic acids is 3. The van der Waals surface area contributed by atoms with E-state index in [0.717, 1.165) is 19.3 Å². The zero-order valence-corrected chi connectivity index (χ0v) is 17.4. The van der Waals surface area contributed by atoms with Gasteiger partial charge in [0.1, 0.15) is 0 Å². The van der Waals surface area contributed by atoms with Crippen molar-refractivity contribution in [1.29, 1.82) is 0 Å². The summed E-state index contributed by atoms with van der Waals surface area (Å²) in [4.78, 5) is 35.7. The van der Waals surface area contributed by atoms with E-state index in [-0.39, 0.29) is 17.6 Å². The van der Waals surface area contributed by atoms with E-state index in [0.29, 0.717) is 6.42 Å². The first-order valence-corrected chi connectivity index (χ1v) is 9.97. The number of unbranched alkanes of at least 4 members (excludes halogenated alkanes) is 9. The van der Waals surface area contributed by atoms with Gasteiger partial charge in [0.15, 0.2) is 0 Å². The molecule has 27 heavy (non-hydrogen) atoms. The van der Waals surface area contributed by atoms with Crippen molar-refractivity contribution in [2.24, 2.45) is 0 Å². The first-order valence-electron chi connectivity index (χ1n) is 9.97. The van der Waals surface area contributed by atoms with Gasteiger partial charge >= 0.3 is 17.9 Å². The molecule has 0 bridgehead atoms. The molecular formula is C21H36O6. The zero-order valence-electron chi connectivity index (χ0n) is 17.4. The fourth-order valence-electron chi connectivity index (χ4n) is 2.93. The predicted octanol–water partition coefficient (Wildman–Crippen LogP) is 4.50. The van der Waals surface area contributed by atoms with Crippen LogP contribution in [0.4, 0.5) is 0 Å². The Morgan fingerprint density at radius 3 is 1.48 bits per heavy atom. The lowest BCUT2D eigenvalue weighted by Gasteiger charge is -2.12. The fraction of sp³-hybridized carbons (Fsp3) is 0.762. The van der Waals surface area contributed by atoms with E-state index in [2.05, 4.69) is 11.7 Å². The third-order valence-corrected chi connectivity index (χ3v) is 4.56. The Hall–Kier alpha value is -1.85. The summed E-state index contributed by atoms with van der Waals surface area (Å²) >= 11 is 0. The molecule has 6 heteroatoms. The van der Waals surface area contributed by atoms with Crippen LogP contribution in [0, 0.1) is 0 Å². The smallest absolute Gasteiger partial charge is 0.334 e. The first-order chi connectivity index (χ1) is 13.0. The lowest BCUT2D eigenvalue weighted by molar-refractivity contribution is -0.143. The molecule has 0 aliphatic carbocycles. The highest BCUT2D eigenvalue weighted by atomic mass is 16.5. The zero-order chi connectivity index (χ0) is 20.5. The Bertz CT molecular complexity index is 481. The number of methoxy groups -OCH3 is 3. The molecule has 0 rings (SSSR count). The average molecular weight is 385 g/mol. The molecule has 156 valence electrons. The Morgan fingerprint density at radius 2 is 1.04 bits per heavy atom. The molecule has 0 aliphatic heterocycles. The molecule has 0 N–H and O–H groups in total. The summed E-state index contributed by atoms with van der Waals surface area (Å²) in [7, 11) is 3.71. The SMILES string of the molecule is CCCCCCCCCCCC/C(C(=O)OC)=C(\CC(=O)OC)C(=O)OC. The second kappa shape index (κ2) is 16.3. The summed E-state index contributed by atoms with van der Waals surface area (Å²) in [5.74, 6) is -1.90. The van der Waals surface area contributed by atoms with Gasteiger partial charge in [-0.2, -0.15) is 0 Å². The molecule has 0 fully saturated rings. The van der Waals surface area contributed by atoms with Crippen molar-refractivity contribution in [2.75, 3.05) is 21.3 Å². The molecule has 0 radical (unpaired) electrons. The molecule has 0 heterocycles. The van der Waals surface area contributed by atoms with Crippen LogP contribution in [0.3, 0.4) is 0 Å². The second-order valence-electron chi connectivity index (χ2n) is 6.63. The Morgan fingerprint density at radius 1 is 0.593 bits per heavy atom. The van der Waals surface area contributed by atoms with Crippen molar-refractivity contribution in [1.82, 2.24) is 0 Å². The van der Waals surface area contributed by atoms with E-state index >= 15 is 0 Å². The van der Waals surface area contributed by atoms with Crippen LogP contribution in [-0.4, -0.2) is 39.2 Å². The minimum atomic E-state index is -0.701. The van der Waals surface area contributed by atoms with Gasteiger partial charge in [-0.3, -0.25) is 4.79 Å². The summed E-state index contributed by atoms with van der Waals surface area (Å²) in [6, 6.07) is 0. The normalized spacial score (nSPS) is 11.6. The summed E-state index contributed by atoms with van der Waals surface area (Å²) in [5, 5.41) is 0. The molecule has 0 aliphatic rings. The maximum absolute atomic E-state index is 12.1. The van der Waals surface area contributed by atoms with E-state index in [4.69, 9.17) is 9.47 Å². The Labute approximate surface area is 163 Å². The fourth-order valence-corrected chi connectivity index (χ4v) is 2.93. The summed E-state index contributed by atoms with van der Waals surface area (Å²) in [5.41, 5.74) is 0.224. The molecule has 0 aromatic heterocycles. The number of carbonyl (C=O) groups is 3. The van der Waals surface area contributed by atoms with Gasteiger partial charge in [-0.1, -0.05) is 64.7 Å². The standard InChI is InChI=1S/C21H36O6/c1-5-6-7-8-9-10-11-12-13-14-15-17(20(23)26-3)18(21(24)27-4)16-19(22)25-2/h5-16H2,1-4H3/b18-17-. The van der Waals surface area contributed by atoms with Crippen LogP contribution < -0.4 is 0 Å². The van der Waals surface area contributed by atoms with Gasteiger partial charge in [0.25, 0.3) is 0 Å². The van der Waals surface area contributed by atoms with Crippen molar-refractivity contribution in [3.8, 4) is 0 Å². The van der Waals surface area contributed by atoms with Crippen LogP contribution >= 0.6 is 0 Å².